The highest BCUT2D eigenvalue weighted by Gasteiger charge is 1.73. The number of hydrogen-bond acceptors (Lipinski definition) is 5. The third-order valence-corrected chi connectivity index (χ3v) is 0.800. The van der Waals surface area contributed by atoms with Gasteiger partial charge in [-0.2, -0.15) is 0 Å². The highest BCUT2D eigenvalue weighted by Crippen LogP contribution is 1.45. The summed E-state index contributed by atoms with van der Waals surface area (Å²) >= 11 is 0. The molecule has 0 spiro atoms. The normalized spacial score (nSPS) is 5.45. The van der Waals surface area contributed by atoms with E-state index in [-0.39, 0.29) is 27.7 Å². The van der Waals surface area contributed by atoms with Crippen LogP contribution in [0.2, 0.25) is 0 Å². The van der Waals surface area contributed by atoms with Crippen molar-refractivity contribution in [2.24, 2.45) is 0 Å². The molecule has 3 radical (unpaired) electrons. The fourth-order valence-corrected chi connectivity index (χ4v) is 0. The largest absolute Gasteiger partial charge is 0.481 e. The molecule has 0 bridgehead atoms. The maximum atomic E-state index is 9.70. The predicted molar refractivity (Wildman–Crippen MR) is 89.7 cm³/mol. The molecule has 0 aliphatic heterocycles. The molecule has 0 aliphatic carbocycles. The number of carbonyl (C=O) groups excluding carboxylic acids is 3. The fraction of sp³-hybridized carbons (Fsp3) is 0.692. The van der Waals surface area contributed by atoms with Crippen molar-refractivity contribution in [3.8, 4) is 0 Å². The molecule has 0 heterocycles. The van der Waals surface area contributed by atoms with E-state index in [9.17, 15) is 9.59 Å². The van der Waals surface area contributed by atoms with Crippen LogP contribution in [0.5, 0.6) is 0 Å². The number of hydrogen-bond donors (Lipinski definition) is 3. The topological polar surface area (TPSA) is 122 Å². The van der Waals surface area contributed by atoms with Crippen LogP contribution in [0.1, 0.15) is 42.0 Å². The van der Waals surface area contributed by atoms with Crippen molar-refractivity contribution in [3.63, 3.8) is 0 Å². The lowest BCUT2D eigenvalue weighted by molar-refractivity contribution is -0.134. The first-order chi connectivity index (χ1) is 9.19. The number of nitrogens with one attached hydrogen (secondary N) is 2. The molecule has 3 N–H and O–H groups in total. The Kier molecular flexibility index (Phi) is 98.9. The zero-order valence-corrected chi connectivity index (χ0v) is 14.1. The molecule has 0 aromatic rings. The minimum Gasteiger partial charge on any atom is -0.481 e. The maximum absolute atomic E-state index is 9.70. The van der Waals surface area contributed by atoms with Gasteiger partial charge in [-0.3, -0.25) is 19.2 Å². The number of ether oxygens (including phenoxy) is 1. The van der Waals surface area contributed by atoms with Crippen LogP contribution < -0.4 is 10.6 Å². The molecule has 8 nitrogen and oxygen atoms in total. The summed E-state index contributed by atoms with van der Waals surface area (Å²) in [5.74, 6) is -0.824. The molecule has 22 heavy (non-hydrogen) atoms. The standard InChI is InChI=1S/2C3H7NO.2C2H4O2.C2H6.CH4.B/c2*1-3(5)4-2;1-4-2-3;1-2(3)4;1-2;;/h2*1-2H3,(H,4,5);2H,1H3;1H3,(H,3,4);1-2H3;1H4;. The number of rotatable bonds is 1. The maximum Gasteiger partial charge on any atom is 0.300 e. The van der Waals surface area contributed by atoms with Crippen LogP contribution in [0, 0.1) is 0 Å². The predicted octanol–water partition coefficient (Wildman–Crippen LogP) is 0.666. The first-order valence-corrected chi connectivity index (χ1v) is 5.72. The Morgan fingerprint density at radius 2 is 1.05 bits per heavy atom. The van der Waals surface area contributed by atoms with Crippen molar-refractivity contribution in [1.82, 2.24) is 10.6 Å². The summed E-state index contributed by atoms with van der Waals surface area (Å²) in [5, 5.41) is 12.2. The zero-order valence-electron chi connectivity index (χ0n) is 14.1. The third kappa shape index (κ3) is 594. The Hall–Kier alpha value is -2.06. The van der Waals surface area contributed by atoms with Gasteiger partial charge in [0.2, 0.25) is 11.8 Å². The van der Waals surface area contributed by atoms with Gasteiger partial charge in [0.15, 0.2) is 0 Å². The molecule has 0 unspecified atom stereocenters. The van der Waals surface area contributed by atoms with E-state index in [1.165, 1.54) is 21.0 Å². The van der Waals surface area contributed by atoms with Crippen LogP contribution in [0.4, 0.5) is 0 Å². The molecule has 0 aromatic heterocycles. The summed E-state index contributed by atoms with van der Waals surface area (Å²) in [6.45, 7) is 8.40. The van der Waals surface area contributed by atoms with Crippen LogP contribution in [-0.2, 0) is 23.9 Å². The highest BCUT2D eigenvalue weighted by molar-refractivity contribution is 5.75. The van der Waals surface area contributed by atoms with Crippen molar-refractivity contribution in [1.29, 1.82) is 0 Å². The fourth-order valence-electron chi connectivity index (χ4n) is 0. The minimum atomic E-state index is -0.833. The van der Waals surface area contributed by atoms with Gasteiger partial charge in [0, 0.05) is 43.3 Å². The van der Waals surface area contributed by atoms with E-state index in [4.69, 9.17) is 14.7 Å². The highest BCUT2D eigenvalue weighted by atomic mass is 16.5. The van der Waals surface area contributed by atoms with Crippen molar-refractivity contribution in [3.05, 3.63) is 0 Å². The van der Waals surface area contributed by atoms with E-state index >= 15 is 0 Å². The van der Waals surface area contributed by atoms with Crippen LogP contribution in [-0.4, -0.2) is 59.0 Å². The lowest BCUT2D eigenvalue weighted by Crippen LogP contribution is -2.11. The van der Waals surface area contributed by atoms with E-state index in [0.29, 0.717) is 6.47 Å². The number of carboxylic acid groups (broad SMARTS) is 1. The molecule has 0 saturated heterocycles. The van der Waals surface area contributed by atoms with Crippen molar-refractivity contribution in [2.45, 2.75) is 42.0 Å². The SMILES string of the molecule is C.CC.CC(=O)O.CNC(C)=O.CNC(C)=O.COC=O.[B]. The number of carbonyl (C=O) groups is 4. The number of amides is 2. The number of aliphatic carboxylic acids is 1. The van der Waals surface area contributed by atoms with Crippen molar-refractivity contribution < 1.29 is 29.0 Å². The van der Waals surface area contributed by atoms with Crippen LogP contribution >= 0.6 is 0 Å². The summed E-state index contributed by atoms with van der Waals surface area (Å²) < 4.78 is 3.86. The van der Waals surface area contributed by atoms with Gasteiger partial charge in [0.05, 0.1) is 7.11 Å². The van der Waals surface area contributed by atoms with Crippen LogP contribution in [0.3, 0.4) is 0 Å². The van der Waals surface area contributed by atoms with Gasteiger partial charge in [-0.25, -0.2) is 0 Å². The molecule has 0 atom stereocenters. The third-order valence-electron chi connectivity index (χ3n) is 0.800. The Bertz CT molecular complexity index is 221. The molecule has 0 rings (SSSR count). The second-order valence-electron chi connectivity index (χ2n) is 2.46. The van der Waals surface area contributed by atoms with E-state index in [2.05, 4.69) is 15.4 Å². The molecule has 0 aromatic carbocycles. The first-order valence-electron chi connectivity index (χ1n) is 5.72. The average molecular weight is 323 g/mol. The average Bonchev–Trinajstić information content (AvgIpc) is 2.41. The van der Waals surface area contributed by atoms with Gasteiger partial charge >= 0.3 is 0 Å². The monoisotopic (exact) mass is 323 g/mol. The molecule has 9 heteroatoms. The summed E-state index contributed by atoms with van der Waals surface area (Å²) in [5.41, 5.74) is 0. The zero-order chi connectivity index (χ0) is 17.6. The Morgan fingerprint density at radius 1 is 0.955 bits per heavy atom. The van der Waals surface area contributed by atoms with Crippen LogP contribution in [0.25, 0.3) is 0 Å². The molecule has 0 fully saturated rings. The number of carboxylic acids is 1. The van der Waals surface area contributed by atoms with Gasteiger partial charge in [0.1, 0.15) is 0 Å². The molecule has 0 aliphatic rings. The lowest BCUT2D eigenvalue weighted by atomic mass is 10.7. The summed E-state index contributed by atoms with van der Waals surface area (Å²) in [6.07, 6.45) is 0. The second kappa shape index (κ2) is 50.9. The molecule has 2 amide bonds. The molecule has 0 saturated carbocycles. The van der Waals surface area contributed by atoms with Crippen molar-refractivity contribution >= 4 is 32.7 Å². The van der Waals surface area contributed by atoms with Crippen molar-refractivity contribution in [2.75, 3.05) is 21.2 Å². The minimum absolute atomic E-state index is 0. The molecule has 133 valence electrons. The summed E-state index contributed by atoms with van der Waals surface area (Å²) in [4.78, 5) is 37.4. The van der Waals surface area contributed by atoms with Gasteiger partial charge in [-0.1, -0.05) is 21.3 Å². The summed E-state index contributed by atoms with van der Waals surface area (Å²) in [7, 11) is 4.51. The van der Waals surface area contributed by atoms with Gasteiger partial charge in [-0.15, -0.1) is 0 Å². The Morgan fingerprint density at radius 3 is 1.05 bits per heavy atom. The van der Waals surface area contributed by atoms with Gasteiger partial charge in [-0.05, 0) is 0 Å². The second-order valence-corrected chi connectivity index (χ2v) is 2.46. The Balaban J connectivity index is -0.0000000256. The van der Waals surface area contributed by atoms with E-state index in [0.717, 1.165) is 6.92 Å². The van der Waals surface area contributed by atoms with Crippen LogP contribution in [0.15, 0.2) is 0 Å². The van der Waals surface area contributed by atoms with Gasteiger partial charge < -0.3 is 20.5 Å². The first kappa shape index (κ1) is 42.7. The molecular formula is C13H32BN2O6. The quantitative estimate of drug-likeness (QED) is 0.481. The smallest absolute Gasteiger partial charge is 0.300 e. The lowest BCUT2D eigenvalue weighted by Gasteiger charge is -1.80. The van der Waals surface area contributed by atoms with Gasteiger partial charge in [0.25, 0.3) is 12.4 Å². The summed E-state index contributed by atoms with van der Waals surface area (Å²) in [6, 6.07) is 0. The van der Waals surface area contributed by atoms with E-state index in [1.807, 2.05) is 13.8 Å². The van der Waals surface area contributed by atoms with E-state index in [1.54, 1.807) is 14.1 Å². The Labute approximate surface area is 136 Å². The number of methoxy groups -OCH3 is 1. The molecular weight excluding hydrogens is 291 g/mol. The van der Waals surface area contributed by atoms with E-state index < -0.39 is 5.97 Å².